The molecule has 2 aliphatic carbocycles. The lowest BCUT2D eigenvalue weighted by Gasteiger charge is -2.12. The molecule has 90 valence electrons. The van der Waals surface area contributed by atoms with E-state index in [1.165, 1.54) is 28.0 Å². The maximum atomic E-state index is 2.42. The summed E-state index contributed by atoms with van der Waals surface area (Å²) in [5, 5.41) is 5.46. The second-order valence-corrected chi connectivity index (χ2v) is 5.86. The Morgan fingerprint density at radius 3 is 1.68 bits per heavy atom. The van der Waals surface area contributed by atoms with Crippen LogP contribution in [0.1, 0.15) is 29.4 Å². The standard InChI is InChI=1S/C19H14/c1-2-4-13-8-17-11-19-15-6-5-14(9-15)18(19)10-16(17)7-12(13)3-1/h1-8,10-11,14-15H,9H2/t14-,15-/m0/s1. The zero-order valence-corrected chi connectivity index (χ0v) is 10.6. The largest absolute Gasteiger partial charge is 0.0804 e. The molecule has 3 aromatic carbocycles. The van der Waals surface area contributed by atoms with Gasteiger partial charge in [0.15, 0.2) is 0 Å². The molecule has 0 saturated carbocycles. The molecule has 0 N–H and O–H groups in total. The molecule has 19 heavy (non-hydrogen) atoms. The van der Waals surface area contributed by atoms with Crippen molar-refractivity contribution in [2.75, 3.05) is 0 Å². The van der Waals surface area contributed by atoms with Crippen LogP contribution < -0.4 is 0 Å². The number of benzene rings is 3. The molecule has 3 aromatic rings. The van der Waals surface area contributed by atoms with Gasteiger partial charge in [-0.05, 0) is 51.2 Å². The third-order valence-corrected chi connectivity index (χ3v) is 4.79. The quantitative estimate of drug-likeness (QED) is 0.378. The molecule has 0 nitrogen and oxygen atoms in total. The molecule has 0 heterocycles. The van der Waals surface area contributed by atoms with E-state index < -0.39 is 0 Å². The van der Waals surface area contributed by atoms with Crippen molar-refractivity contribution in [1.82, 2.24) is 0 Å². The lowest BCUT2D eigenvalue weighted by atomic mass is 9.92. The predicted octanol–water partition coefficient (Wildman–Crippen LogP) is 5.13. The first kappa shape index (κ1) is 9.80. The Morgan fingerprint density at radius 2 is 1.16 bits per heavy atom. The summed E-state index contributed by atoms with van der Waals surface area (Å²) >= 11 is 0. The maximum absolute atomic E-state index is 2.42. The van der Waals surface area contributed by atoms with Crippen molar-refractivity contribution < 1.29 is 0 Å². The first-order chi connectivity index (χ1) is 9.38. The third-order valence-electron chi connectivity index (χ3n) is 4.79. The number of rotatable bonds is 0. The van der Waals surface area contributed by atoms with Crippen molar-refractivity contribution in [3.8, 4) is 0 Å². The minimum absolute atomic E-state index is 0.677. The summed E-state index contributed by atoms with van der Waals surface area (Å²) in [6.45, 7) is 0. The van der Waals surface area contributed by atoms with E-state index in [-0.39, 0.29) is 0 Å². The van der Waals surface area contributed by atoms with E-state index in [0.717, 1.165) is 0 Å². The fourth-order valence-electron chi connectivity index (χ4n) is 3.83. The molecule has 0 amide bonds. The molecule has 0 fully saturated rings. The van der Waals surface area contributed by atoms with Crippen LogP contribution in [0.3, 0.4) is 0 Å². The Kier molecular flexibility index (Phi) is 1.69. The molecule has 2 bridgehead atoms. The normalized spacial score (nSPS) is 23.4. The van der Waals surface area contributed by atoms with E-state index in [1.54, 1.807) is 11.1 Å². The van der Waals surface area contributed by atoms with Crippen molar-refractivity contribution >= 4 is 21.5 Å². The van der Waals surface area contributed by atoms with Crippen molar-refractivity contribution in [2.24, 2.45) is 0 Å². The predicted molar refractivity (Wildman–Crippen MR) is 80.7 cm³/mol. The van der Waals surface area contributed by atoms with Gasteiger partial charge in [0.1, 0.15) is 0 Å². The summed E-state index contributed by atoms with van der Waals surface area (Å²) in [6.07, 6.45) is 6.07. The Morgan fingerprint density at radius 1 is 0.632 bits per heavy atom. The van der Waals surface area contributed by atoms with E-state index in [9.17, 15) is 0 Å². The van der Waals surface area contributed by atoms with E-state index in [0.29, 0.717) is 11.8 Å². The second kappa shape index (κ2) is 3.27. The van der Waals surface area contributed by atoms with Gasteiger partial charge in [0.25, 0.3) is 0 Å². The van der Waals surface area contributed by atoms with E-state index in [2.05, 4.69) is 60.7 Å². The smallest absolute Gasteiger partial charge is 0.00301 e. The van der Waals surface area contributed by atoms with Crippen LogP contribution >= 0.6 is 0 Å². The Bertz CT molecular complexity index is 784. The van der Waals surface area contributed by atoms with Crippen LogP contribution in [0.5, 0.6) is 0 Å². The van der Waals surface area contributed by atoms with Gasteiger partial charge in [-0.3, -0.25) is 0 Å². The monoisotopic (exact) mass is 242 g/mol. The highest BCUT2D eigenvalue weighted by atomic mass is 14.4. The summed E-state index contributed by atoms with van der Waals surface area (Å²) in [4.78, 5) is 0. The van der Waals surface area contributed by atoms with Crippen LogP contribution in [-0.2, 0) is 0 Å². The van der Waals surface area contributed by atoms with E-state index >= 15 is 0 Å². The number of hydrogen-bond acceptors (Lipinski definition) is 0. The van der Waals surface area contributed by atoms with Crippen LogP contribution in [0, 0.1) is 0 Å². The first-order valence-electron chi connectivity index (χ1n) is 7.03. The molecule has 2 aliphatic rings. The van der Waals surface area contributed by atoms with Gasteiger partial charge in [0.05, 0.1) is 0 Å². The highest BCUT2D eigenvalue weighted by Crippen LogP contribution is 2.49. The van der Waals surface area contributed by atoms with Gasteiger partial charge >= 0.3 is 0 Å². The topological polar surface area (TPSA) is 0 Å². The molecule has 0 radical (unpaired) electrons. The Labute approximate surface area is 112 Å². The van der Waals surface area contributed by atoms with Gasteiger partial charge in [-0.2, -0.15) is 0 Å². The SMILES string of the molecule is C1=C[C@H]2C[C@H]1c1cc3cc4ccccc4cc3cc12. The third kappa shape index (κ3) is 1.24. The molecular weight excluding hydrogens is 228 g/mol. The van der Waals surface area contributed by atoms with Crippen molar-refractivity contribution in [1.29, 1.82) is 0 Å². The van der Waals surface area contributed by atoms with Crippen molar-refractivity contribution in [3.05, 3.63) is 71.8 Å². The summed E-state index contributed by atoms with van der Waals surface area (Å²) in [5.41, 5.74) is 3.13. The molecule has 0 saturated heterocycles. The highest BCUT2D eigenvalue weighted by Gasteiger charge is 2.32. The molecule has 5 rings (SSSR count). The molecule has 0 aromatic heterocycles. The average molecular weight is 242 g/mol. The van der Waals surface area contributed by atoms with Crippen LogP contribution in [0.15, 0.2) is 60.7 Å². The van der Waals surface area contributed by atoms with Gasteiger partial charge in [-0.1, -0.05) is 48.6 Å². The molecule has 0 spiro atoms. The molecule has 2 atom stereocenters. The van der Waals surface area contributed by atoms with Crippen LogP contribution in [-0.4, -0.2) is 0 Å². The van der Waals surface area contributed by atoms with Crippen molar-refractivity contribution in [3.63, 3.8) is 0 Å². The van der Waals surface area contributed by atoms with Crippen molar-refractivity contribution in [2.45, 2.75) is 18.3 Å². The summed E-state index contributed by atoms with van der Waals surface area (Å²) in [6, 6.07) is 18.2. The lowest BCUT2D eigenvalue weighted by Crippen LogP contribution is -1.93. The fourth-order valence-corrected chi connectivity index (χ4v) is 3.83. The molecule has 0 unspecified atom stereocenters. The van der Waals surface area contributed by atoms with Crippen LogP contribution in [0.25, 0.3) is 21.5 Å². The second-order valence-electron chi connectivity index (χ2n) is 5.86. The van der Waals surface area contributed by atoms with Crippen LogP contribution in [0.2, 0.25) is 0 Å². The average Bonchev–Trinajstić information content (AvgIpc) is 3.04. The van der Waals surface area contributed by atoms with Gasteiger partial charge in [-0.15, -0.1) is 0 Å². The Balaban J connectivity index is 1.88. The fraction of sp³-hybridized carbons (Fsp3) is 0.158. The lowest BCUT2D eigenvalue weighted by molar-refractivity contribution is 0.805. The summed E-state index contributed by atoms with van der Waals surface area (Å²) < 4.78 is 0. The van der Waals surface area contributed by atoms with Gasteiger partial charge in [-0.25, -0.2) is 0 Å². The zero-order chi connectivity index (χ0) is 12.4. The number of allylic oxidation sites excluding steroid dienone is 2. The molecule has 0 aliphatic heterocycles. The number of fused-ring (bicyclic) bond motifs is 7. The van der Waals surface area contributed by atoms with Crippen LogP contribution in [0.4, 0.5) is 0 Å². The minimum atomic E-state index is 0.677. The zero-order valence-electron chi connectivity index (χ0n) is 10.6. The highest BCUT2D eigenvalue weighted by molar-refractivity contribution is 5.99. The molecule has 0 heteroatoms. The maximum Gasteiger partial charge on any atom is 0.00301 e. The van der Waals surface area contributed by atoms with E-state index in [1.807, 2.05) is 0 Å². The minimum Gasteiger partial charge on any atom is -0.0804 e. The Hall–Kier alpha value is -2.08. The summed E-state index contributed by atoms with van der Waals surface area (Å²) in [7, 11) is 0. The van der Waals surface area contributed by atoms with Gasteiger partial charge < -0.3 is 0 Å². The number of hydrogen-bond donors (Lipinski definition) is 0. The molecular formula is C19H14. The van der Waals surface area contributed by atoms with Gasteiger partial charge in [0, 0.05) is 11.8 Å². The van der Waals surface area contributed by atoms with E-state index in [4.69, 9.17) is 0 Å². The first-order valence-corrected chi connectivity index (χ1v) is 7.03. The summed E-state index contributed by atoms with van der Waals surface area (Å²) in [5.74, 6) is 1.35. The van der Waals surface area contributed by atoms with Gasteiger partial charge in [0.2, 0.25) is 0 Å².